The smallest absolute Gasteiger partial charge is 0.187 e. The van der Waals surface area contributed by atoms with Crippen LogP contribution in [-0.2, 0) is 6.61 Å². The summed E-state index contributed by atoms with van der Waals surface area (Å²) < 4.78 is 5.84. The van der Waals surface area contributed by atoms with Gasteiger partial charge in [-0.05, 0) is 36.6 Å². The number of aryl methyl sites for hydroxylation is 2. The van der Waals surface area contributed by atoms with Crippen molar-refractivity contribution in [2.45, 2.75) is 20.5 Å². The standard InChI is InChI=1S/C17H16N2O2/c1-12-7-8-13(2)17(9-12)21-11-14-5-3-4-6-15(14)16(10-18)19-20/h3-9,20H,11H2,1-2H3. The second-order valence-corrected chi connectivity index (χ2v) is 4.78. The molecule has 0 spiro atoms. The predicted molar refractivity (Wildman–Crippen MR) is 80.6 cm³/mol. The summed E-state index contributed by atoms with van der Waals surface area (Å²) in [6.45, 7) is 4.30. The molecule has 0 aromatic heterocycles. The number of hydrogen-bond acceptors (Lipinski definition) is 4. The first kappa shape index (κ1) is 14.6. The maximum absolute atomic E-state index is 8.99. The fourth-order valence-corrected chi connectivity index (χ4v) is 2.03. The maximum Gasteiger partial charge on any atom is 0.187 e. The van der Waals surface area contributed by atoms with Gasteiger partial charge in [0.2, 0.25) is 0 Å². The van der Waals surface area contributed by atoms with Gasteiger partial charge >= 0.3 is 0 Å². The molecule has 106 valence electrons. The molecule has 0 aliphatic carbocycles. The Labute approximate surface area is 123 Å². The molecule has 0 saturated carbocycles. The van der Waals surface area contributed by atoms with Crippen molar-refractivity contribution in [1.82, 2.24) is 0 Å². The van der Waals surface area contributed by atoms with Crippen LogP contribution < -0.4 is 4.74 Å². The van der Waals surface area contributed by atoms with Gasteiger partial charge in [0.25, 0.3) is 0 Å². The first-order valence-corrected chi connectivity index (χ1v) is 6.56. The van der Waals surface area contributed by atoms with E-state index < -0.39 is 0 Å². The van der Waals surface area contributed by atoms with Crippen LogP contribution in [0.2, 0.25) is 0 Å². The maximum atomic E-state index is 8.99. The van der Waals surface area contributed by atoms with Gasteiger partial charge in [-0.25, -0.2) is 0 Å². The zero-order valence-corrected chi connectivity index (χ0v) is 12.0. The predicted octanol–water partition coefficient (Wildman–Crippen LogP) is 3.58. The van der Waals surface area contributed by atoms with Crippen LogP contribution in [0.25, 0.3) is 0 Å². The molecular formula is C17H16N2O2. The van der Waals surface area contributed by atoms with E-state index in [0.29, 0.717) is 12.2 Å². The molecule has 21 heavy (non-hydrogen) atoms. The van der Waals surface area contributed by atoms with Crippen LogP contribution in [0, 0.1) is 25.2 Å². The minimum Gasteiger partial charge on any atom is -0.489 e. The molecule has 0 heterocycles. The van der Waals surface area contributed by atoms with Crippen molar-refractivity contribution >= 4 is 5.71 Å². The number of oxime groups is 1. The average molecular weight is 280 g/mol. The number of nitrogens with zero attached hydrogens (tertiary/aromatic N) is 2. The van der Waals surface area contributed by atoms with Crippen molar-refractivity contribution in [1.29, 1.82) is 5.26 Å². The van der Waals surface area contributed by atoms with Crippen molar-refractivity contribution in [3.05, 3.63) is 64.7 Å². The molecule has 4 heteroatoms. The zero-order valence-electron chi connectivity index (χ0n) is 12.0. The van der Waals surface area contributed by atoms with Crippen LogP contribution in [0.3, 0.4) is 0 Å². The quantitative estimate of drug-likeness (QED) is 0.529. The van der Waals surface area contributed by atoms with Gasteiger partial charge in [-0.15, -0.1) is 0 Å². The van der Waals surface area contributed by atoms with Gasteiger partial charge in [0.1, 0.15) is 18.4 Å². The van der Waals surface area contributed by atoms with Gasteiger partial charge in [-0.3, -0.25) is 0 Å². The van der Waals surface area contributed by atoms with Crippen LogP contribution in [0.15, 0.2) is 47.6 Å². The molecule has 1 N–H and O–H groups in total. The Morgan fingerprint density at radius 1 is 1.24 bits per heavy atom. The van der Waals surface area contributed by atoms with E-state index in [9.17, 15) is 0 Å². The van der Waals surface area contributed by atoms with Crippen LogP contribution in [0.1, 0.15) is 22.3 Å². The van der Waals surface area contributed by atoms with E-state index in [4.69, 9.17) is 15.2 Å². The Kier molecular flexibility index (Phi) is 4.57. The van der Waals surface area contributed by atoms with Crippen molar-refractivity contribution < 1.29 is 9.94 Å². The molecule has 0 unspecified atom stereocenters. The van der Waals surface area contributed by atoms with Gasteiger partial charge in [0.15, 0.2) is 5.71 Å². The van der Waals surface area contributed by atoms with E-state index in [0.717, 1.165) is 22.4 Å². The Hall–Kier alpha value is -2.80. The molecule has 0 aliphatic heterocycles. The van der Waals surface area contributed by atoms with Gasteiger partial charge in [0.05, 0.1) is 0 Å². The highest BCUT2D eigenvalue weighted by molar-refractivity contribution is 6.12. The molecule has 0 atom stereocenters. The summed E-state index contributed by atoms with van der Waals surface area (Å²) in [4.78, 5) is 0. The third-order valence-corrected chi connectivity index (χ3v) is 3.21. The first-order valence-electron chi connectivity index (χ1n) is 6.56. The molecule has 2 aromatic carbocycles. The van der Waals surface area contributed by atoms with Crippen molar-refractivity contribution in [3.8, 4) is 11.8 Å². The molecule has 0 bridgehead atoms. The molecule has 2 aromatic rings. The fourth-order valence-electron chi connectivity index (χ4n) is 2.03. The molecule has 0 radical (unpaired) electrons. The van der Waals surface area contributed by atoms with Crippen molar-refractivity contribution in [2.75, 3.05) is 0 Å². The lowest BCUT2D eigenvalue weighted by atomic mass is 10.0. The molecule has 0 fully saturated rings. The fraction of sp³-hybridized carbons (Fsp3) is 0.176. The number of hydrogen-bond donors (Lipinski definition) is 1. The van der Waals surface area contributed by atoms with E-state index in [1.54, 1.807) is 12.1 Å². The molecule has 4 nitrogen and oxygen atoms in total. The summed E-state index contributed by atoms with van der Waals surface area (Å²) in [5, 5.41) is 20.9. The van der Waals surface area contributed by atoms with Crippen LogP contribution in [0.4, 0.5) is 0 Å². The Bertz CT molecular complexity index is 715. The molecular weight excluding hydrogens is 264 g/mol. The third-order valence-electron chi connectivity index (χ3n) is 3.21. The molecule has 0 saturated heterocycles. The normalized spacial score (nSPS) is 11.0. The van der Waals surface area contributed by atoms with E-state index in [2.05, 4.69) is 5.16 Å². The first-order chi connectivity index (χ1) is 10.2. The number of rotatable bonds is 4. The largest absolute Gasteiger partial charge is 0.489 e. The summed E-state index contributed by atoms with van der Waals surface area (Å²) in [6.07, 6.45) is 0. The van der Waals surface area contributed by atoms with Crippen LogP contribution in [-0.4, -0.2) is 10.9 Å². The monoisotopic (exact) mass is 280 g/mol. The lowest BCUT2D eigenvalue weighted by Gasteiger charge is -2.12. The van der Waals surface area contributed by atoms with E-state index in [1.165, 1.54) is 0 Å². The van der Waals surface area contributed by atoms with Gasteiger partial charge < -0.3 is 9.94 Å². The Morgan fingerprint density at radius 3 is 2.71 bits per heavy atom. The topological polar surface area (TPSA) is 65.6 Å². The van der Waals surface area contributed by atoms with E-state index in [-0.39, 0.29) is 5.71 Å². The highest BCUT2D eigenvalue weighted by Gasteiger charge is 2.10. The number of benzene rings is 2. The van der Waals surface area contributed by atoms with Crippen molar-refractivity contribution in [3.63, 3.8) is 0 Å². The van der Waals surface area contributed by atoms with Crippen molar-refractivity contribution in [2.24, 2.45) is 5.16 Å². The zero-order chi connectivity index (χ0) is 15.2. The average Bonchev–Trinajstić information content (AvgIpc) is 2.50. The molecule has 2 rings (SSSR count). The molecule has 0 amide bonds. The Balaban J connectivity index is 2.25. The number of ether oxygens (including phenoxy) is 1. The SMILES string of the molecule is Cc1ccc(C)c(OCc2ccccc2C(C#N)=NO)c1. The second kappa shape index (κ2) is 6.58. The summed E-state index contributed by atoms with van der Waals surface area (Å²) in [6, 6.07) is 15.1. The second-order valence-electron chi connectivity index (χ2n) is 4.78. The minimum absolute atomic E-state index is 0.0184. The number of nitriles is 1. The summed E-state index contributed by atoms with van der Waals surface area (Å²) in [7, 11) is 0. The van der Waals surface area contributed by atoms with E-state index >= 15 is 0 Å². The van der Waals surface area contributed by atoms with Crippen LogP contribution >= 0.6 is 0 Å². The summed E-state index contributed by atoms with van der Waals surface area (Å²) in [5.74, 6) is 0.809. The highest BCUT2D eigenvalue weighted by atomic mass is 16.5. The van der Waals surface area contributed by atoms with Crippen LogP contribution in [0.5, 0.6) is 5.75 Å². The van der Waals surface area contributed by atoms with Gasteiger partial charge in [-0.1, -0.05) is 41.6 Å². The van der Waals surface area contributed by atoms with Gasteiger partial charge in [-0.2, -0.15) is 5.26 Å². The van der Waals surface area contributed by atoms with Gasteiger partial charge in [0, 0.05) is 5.56 Å². The minimum atomic E-state index is -0.0184. The molecule has 0 aliphatic rings. The summed E-state index contributed by atoms with van der Waals surface area (Å²) >= 11 is 0. The summed E-state index contributed by atoms with van der Waals surface area (Å²) in [5.41, 5.74) is 3.53. The lowest BCUT2D eigenvalue weighted by molar-refractivity contribution is 0.303. The third kappa shape index (κ3) is 3.40. The van der Waals surface area contributed by atoms with E-state index in [1.807, 2.05) is 50.2 Å². The lowest BCUT2D eigenvalue weighted by Crippen LogP contribution is -2.06. The highest BCUT2D eigenvalue weighted by Crippen LogP contribution is 2.21. The Morgan fingerprint density at radius 2 is 2.00 bits per heavy atom.